The molecule has 0 radical (unpaired) electrons. The number of aromatic nitrogens is 2. The molecule has 27 heavy (non-hydrogen) atoms. The van der Waals surface area contributed by atoms with Gasteiger partial charge in [0.1, 0.15) is 17.4 Å². The smallest absolute Gasteiger partial charge is 0.341 e. The molecule has 3 rings (SSSR count). The number of nitrogens with zero attached hydrogens (tertiary/aromatic N) is 3. The summed E-state index contributed by atoms with van der Waals surface area (Å²) in [5.74, 6) is -0.160. The van der Waals surface area contributed by atoms with Crippen LogP contribution in [0.5, 0.6) is 5.75 Å². The molecule has 138 valence electrons. The monoisotopic (exact) mass is 383 g/mol. The van der Waals surface area contributed by atoms with E-state index >= 15 is 0 Å². The number of ether oxygens (including phenoxy) is 3. The molecule has 0 N–H and O–H groups in total. The molecule has 7 nitrogen and oxygen atoms in total. The predicted octanol–water partition coefficient (Wildman–Crippen LogP) is 3.63. The van der Waals surface area contributed by atoms with Gasteiger partial charge in [-0.2, -0.15) is 10.4 Å². The quantitative estimate of drug-likeness (QED) is 0.457. The van der Waals surface area contributed by atoms with Gasteiger partial charge in [0.15, 0.2) is 12.5 Å². The second kappa shape index (κ2) is 8.49. The van der Waals surface area contributed by atoms with Crippen molar-refractivity contribution in [2.45, 2.75) is 6.92 Å². The zero-order valence-electron chi connectivity index (χ0n) is 14.8. The molecule has 0 fully saturated rings. The Labute approximate surface area is 160 Å². The van der Waals surface area contributed by atoms with E-state index < -0.39 is 5.97 Å². The summed E-state index contributed by atoms with van der Waals surface area (Å²) in [4.78, 5) is 13.1. The lowest BCUT2D eigenvalue weighted by Crippen LogP contribution is -2.10. The van der Waals surface area contributed by atoms with Gasteiger partial charge >= 0.3 is 5.97 Å². The number of rotatable bonds is 7. The van der Waals surface area contributed by atoms with Gasteiger partial charge in [0.05, 0.1) is 12.3 Å². The zero-order chi connectivity index (χ0) is 19.2. The number of carbonyl (C=O) groups excluding carboxylic acids is 1. The third kappa shape index (κ3) is 4.00. The SMILES string of the molecule is CCOC(=O)c1ccc(-n2cc(-c3cccs3)c(C#N)n2)cc1OCOC. The fourth-order valence-electron chi connectivity index (χ4n) is 2.47. The molecule has 0 saturated heterocycles. The highest BCUT2D eigenvalue weighted by atomic mass is 32.1. The summed E-state index contributed by atoms with van der Waals surface area (Å²) in [5.41, 5.74) is 2.02. The van der Waals surface area contributed by atoms with Crippen molar-refractivity contribution in [3.05, 3.63) is 53.2 Å². The molecule has 0 spiro atoms. The maximum Gasteiger partial charge on any atom is 0.341 e. The van der Waals surface area contributed by atoms with Gasteiger partial charge in [0.25, 0.3) is 0 Å². The summed E-state index contributed by atoms with van der Waals surface area (Å²) >= 11 is 1.53. The minimum Gasteiger partial charge on any atom is -0.467 e. The van der Waals surface area contributed by atoms with Crippen LogP contribution < -0.4 is 4.74 Å². The van der Waals surface area contributed by atoms with Gasteiger partial charge in [0, 0.05) is 29.8 Å². The topological polar surface area (TPSA) is 86.4 Å². The van der Waals surface area contributed by atoms with Crippen molar-refractivity contribution in [1.29, 1.82) is 5.26 Å². The fourth-order valence-corrected chi connectivity index (χ4v) is 3.21. The molecule has 0 aliphatic heterocycles. The summed E-state index contributed by atoms with van der Waals surface area (Å²) in [5, 5.41) is 15.7. The minimum absolute atomic E-state index is 0.0150. The highest BCUT2D eigenvalue weighted by Crippen LogP contribution is 2.29. The van der Waals surface area contributed by atoms with Crippen LogP contribution in [0.15, 0.2) is 41.9 Å². The number of esters is 1. The normalized spacial score (nSPS) is 10.4. The number of thiophene rings is 1. The van der Waals surface area contributed by atoms with Crippen LogP contribution in [0.3, 0.4) is 0 Å². The third-order valence-corrected chi connectivity index (χ3v) is 4.57. The molecular formula is C19H17N3O4S. The van der Waals surface area contributed by atoms with E-state index in [-0.39, 0.29) is 13.4 Å². The molecule has 0 unspecified atom stereocenters. The Morgan fingerprint density at radius 3 is 2.89 bits per heavy atom. The van der Waals surface area contributed by atoms with Crippen LogP contribution in [-0.4, -0.2) is 36.3 Å². The first-order chi connectivity index (χ1) is 13.2. The van der Waals surface area contributed by atoms with E-state index in [0.29, 0.717) is 22.7 Å². The van der Waals surface area contributed by atoms with Gasteiger partial charge in [-0.25, -0.2) is 9.48 Å². The van der Waals surface area contributed by atoms with Crippen LogP contribution in [0.2, 0.25) is 0 Å². The zero-order valence-corrected chi connectivity index (χ0v) is 15.7. The average molecular weight is 383 g/mol. The lowest BCUT2D eigenvalue weighted by atomic mass is 10.2. The summed E-state index contributed by atoms with van der Waals surface area (Å²) in [6.07, 6.45) is 1.78. The molecule has 3 aromatic rings. The number of hydrogen-bond donors (Lipinski definition) is 0. The van der Waals surface area contributed by atoms with Crippen LogP contribution in [0, 0.1) is 11.3 Å². The Hall–Kier alpha value is -3.15. The van der Waals surface area contributed by atoms with E-state index in [1.165, 1.54) is 18.4 Å². The molecule has 0 saturated carbocycles. The van der Waals surface area contributed by atoms with Crippen molar-refractivity contribution in [3.63, 3.8) is 0 Å². The Balaban J connectivity index is 2.02. The molecule has 8 heteroatoms. The van der Waals surface area contributed by atoms with E-state index in [4.69, 9.17) is 14.2 Å². The standard InChI is InChI=1S/C19H17N3O4S/c1-3-25-19(23)14-7-6-13(9-17(14)26-12-24-2)22-11-15(16(10-20)21-22)18-5-4-8-27-18/h4-9,11H,3,12H2,1-2H3. The van der Waals surface area contributed by atoms with Crippen LogP contribution in [0.25, 0.3) is 16.1 Å². The van der Waals surface area contributed by atoms with Gasteiger partial charge in [-0.3, -0.25) is 0 Å². The first kappa shape index (κ1) is 18.6. The van der Waals surface area contributed by atoms with Crippen LogP contribution >= 0.6 is 11.3 Å². The largest absolute Gasteiger partial charge is 0.467 e. The molecule has 0 amide bonds. The van der Waals surface area contributed by atoms with E-state index in [1.54, 1.807) is 36.0 Å². The summed E-state index contributed by atoms with van der Waals surface area (Å²) < 4.78 is 17.1. The summed E-state index contributed by atoms with van der Waals surface area (Å²) in [7, 11) is 1.49. The van der Waals surface area contributed by atoms with E-state index in [1.807, 2.05) is 17.5 Å². The lowest BCUT2D eigenvalue weighted by Gasteiger charge is -2.12. The van der Waals surface area contributed by atoms with Gasteiger partial charge < -0.3 is 14.2 Å². The number of benzene rings is 1. The van der Waals surface area contributed by atoms with E-state index in [0.717, 1.165) is 10.4 Å². The van der Waals surface area contributed by atoms with Gasteiger partial charge in [-0.05, 0) is 30.5 Å². The molecule has 2 heterocycles. The Kier molecular flexibility index (Phi) is 5.86. The minimum atomic E-state index is -0.479. The van der Waals surface area contributed by atoms with Crippen molar-refractivity contribution in [2.75, 3.05) is 20.5 Å². The second-order valence-electron chi connectivity index (χ2n) is 5.38. The molecule has 2 aromatic heterocycles. The maximum absolute atomic E-state index is 12.1. The van der Waals surface area contributed by atoms with Gasteiger partial charge in [-0.15, -0.1) is 11.3 Å². The highest BCUT2D eigenvalue weighted by Gasteiger charge is 2.17. The van der Waals surface area contributed by atoms with Crippen molar-refractivity contribution >= 4 is 17.3 Å². The average Bonchev–Trinajstić information content (AvgIpc) is 3.35. The van der Waals surface area contributed by atoms with Crippen molar-refractivity contribution in [2.24, 2.45) is 0 Å². The molecule has 0 atom stereocenters. The first-order valence-electron chi connectivity index (χ1n) is 8.14. The van der Waals surface area contributed by atoms with Crippen LogP contribution in [-0.2, 0) is 9.47 Å². The third-order valence-electron chi connectivity index (χ3n) is 3.66. The van der Waals surface area contributed by atoms with Gasteiger partial charge in [0.2, 0.25) is 0 Å². The number of methoxy groups -OCH3 is 1. The summed E-state index contributed by atoms with van der Waals surface area (Å²) in [6.45, 7) is 1.99. The van der Waals surface area contributed by atoms with Crippen LogP contribution in [0.1, 0.15) is 23.0 Å². The molecule has 0 bridgehead atoms. The Morgan fingerprint density at radius 2 is 2.22 bits per heavy atom. The molecule has 1 aromatic carbocycles. The molecular weight excluding hydrogens is 366 g/mol. The van der Waals surface area contributed by atoms with Crippen LogP contribution in [0.4, 0.5) is 0 Å². The van der Waals surface area contributed by atoms with E-state index in [9.17, 15) is 10.1 Å². The fraction of sp³-hybridized carbons (Fsp3) is 0.211. The lowest BCUT2D eigenvalue weighted by molar-refractivity contribution is 0.0438. The number of nitriles is 1. The van der Waals surface area contributed by atoms with Crippen molar-refractivity contribution < 1.29 is 19.0 Å². The molecule has 0 aliphatic carbocycles. The number of carbonyl (C=O) groups is 1. The highest BCUT2D eigenvalue weighted by molar-refractivity contribution is 7.13. The Morgan fingerprint density at radius 1 is 1.37 bits per heavy atom. The maximum atomic E-state index is 12.1. The first-order valence-corrected chi connectivity index (χ1v) is 9.02. The summed E-state index contributed by atoms with van der Waals surface area (Å²) in [6, 6.07) is 11.0. The van der Waals surface area contributed by atoms with Gasteiger partial charge in [-0.1, -0.05) is 6.07 Å². The Bertz CT molecular complexity index is 974. The number of hydrogen-bond acceptors (Lipinski definition) is 7. The van der Waals surface area contributed by atoms with E-state index in [2.05, 4.69) is 11.2 Å². The molecule has 0 aliphatic rings. The second-order valence-corrected chi connectivity index (χ2v) is 6.32. The van der Waals surface area contributed by atoms with Crippen molar-refractivity contribution in [3.8, 4) is 27.9 Å². The predicted molar refractivity (Wildman–Crippen MR) is 100 cm³/mol. The van der Waals surface area contributed by atoms with Crippen molar-refractivity contribution in [1.82, 2.24) is 9.78 Å².